The number of aromatic nitrogens is 2. The van der Waals surface area contributed by atoms with Gasteiger partial charge in [-0.25, -0.2) is 13.9 Å². The van der Waals surface area contributed by atoms with Gasteiger partial charge < -0.3 is 4.42 Å². The Morgan fingerprint density at radius 3 is 2.62 bits per heavy atom. The minimum atomic E-state index is -0.645. The predicted molar refractivity (Wildman–Crippen MR) is 103 cm³/mol. The van der Waals surface area contributed by atoms with Crippen LogP contribution < -0.4 is 4.57 Å². The topological polar surface area (TPSA) is 74.9 Å². The molecule has 4 heterocycles. The standard InChI is InChI=1S/C21H20N5O3/c1-14-11-25-17-18(22-20(25)24(14)13-16-9-6-10-29-16)23(2)21(28)26(19(17)27)12-15-7-4-3-5-8-15/h3-11,17H,12-13H2,1-2H3/q+1. The number of aryl methyl sites for hydroxylation is 1. The fourth-order valence-electron chi connectivity index (χ4n) is 3.90. The SMILES string of the molecule is Cc1c[n+]2c(n1Cc1ccco1)N=C1C2C(=O)N(Cc2ccccc2)C(=O)N1C. The number of aliphatic imine (C=N–C) groups is 1. The van der Waals surface area contributed by atoms with Gasteiger partial charge in [-0.3, -0.25) is 14.6 Å². The van der Waals surface area contributed by atoms with Crippen LogP contribution in [0.4, 0.5) is 10.7 Å². The van der Waals surface area contributed by atoms with Crippen LogP contribution in [0.15, 0.2) is 64.3 Å². The zero-order chi connectivity index (χ0) is 20.1. The number of rotatable bonds is 4. The molecule has 146 valence electrons. The number of fused-ring (bicyclic) bond motifs is 3. The van der Waals surface area contributed by atoms with Gasteiger partial charge in [0, 0.05) is 7.05 Å². The molecule has 5 rings (SSSR count). The summed E-state index contributed by atoms with van der Waals surface area (Å²) in [5, 5.41) is 0. The van der Waals surface area contributed by atoms with Gasteiger partial charge in [0.25, 0.3) is 5.91 Å². The third kappa shape index (κ3) is 2.67. The van der Waals surface area contributed by atoms with E-state index in [4.69, 9.17) is 4.42 Å². The van der Waals surface area contributed by atoms with Gasteiger partial charge in [-0.2, -0.15) is 0 Å². The van der Waals surface area contributed by atoms with E-state index in [-0.39, 0.29) is 18.5 Å². The van der Waals surface area contributed by atoms with Crippen LogP contribution in [-0.4, -0.2) is 39.2 Å². The predicted octanol–water partition coefficient (Wildman–Crippen LogP) is 2.40. The molecule has 1 saturated heterocycles. The molecule has 0 spiro atoms. The van der Waals surface area contributed by atoms with Crippen LogP contribution in [0.2, 0.25) is 0 Å². The molecule has 2 aliphatic rings. The highest BCUT2D eigenvalue weighted by Gasteiger charge is 2.53. The van der Waals surface area contributed by atoms with Crippen molar-refractivity contribution >= 4 is 23.7 Å². The number of carbonyl (C=O) groups is 2. The summed E-state index contributed by atoms with van der Waals surface area (Å²) in [6.07, 6.45) is 3.53. The van der Waals surface area contributed by atoms with Crippen molar-refractivity contribution in [2.75, 3.05) is 7.05 Å². The van der Waals surface area contributed by atoms with Crippen molar-refractivity contribution < 1.29 is 18.6 Å². The van der Waals surface area contributed by atoms with Crippen LogP contribution in [0.1, 0.15) is 23.1 Å². The molecule has 0 aliphatic carbocycles. The summed E-state index contributed by atoms with van der Waals surface area (Å²) in [7, 11) is 1.66. The first-order valence-corrected chi connectivity index (χ1v) is 9.40. The van der Waals surface area contributed by atoms with Crippen molar-refractivity contribution in [3.8, 4) is 0 Å². The van der Waals surface area contributed by atoms with Crippen LogP contribution in [0.3, 0.4) is 0 Å². The van der Waals surface area contributed by atoms with Crippen LogP contribution in [-0.2, 0) is 17.9 Å². The molecule has 8 heteroatoms. The molecule has 2 aromatic heterocycles. The Hall–Kier alpha value is -3.68. The van der Waals surface area contributed by atoms with Gasteiger partial charge in [-0.05, 0) is 24.6 Å². The second-order valence-electron chi connectivity index (χ2n) is 7.27. The van der Waals surface area contributed by atoms with Crippen molar-refractivity contribution in [1.29, 1.82) is 0 Å². The zero-order valence-electron chi connectivity index (χ0n) is 16.1. The average Bonchev–Trinajstić information content (AvgIpc) is 3.42. The fourth-order valence-corrected chi connectivity index (χ4v) is 3.90. The molecule has 1 unspecified atom stereocenters. The van der Waals surface area contributed by atoms with Crippen LogP contribution in [0.5, 0.6) is 0 Å². The first-order chi connectivity index (χ1) is 14.0. The highest BCUT2D eigenvalue weighted by atomic mass is 16.3. The number of nitrogens with zero attached hydrogens (tertiary/aromatic N) is 5. The average molecular weight is 390 g/mol. The quantitative estimate of drug-likeness (QED) is 0.642. The van der Waals surface area contributed by atoms with Crippen molar-refractivity contribution in [1.82, 2.24) is 14.4 Å². The number of hydrogen-bond donors (Lipinski definition) is 0. The highest BCUT2D eigenvalue weighted by molar-refractivity contribution is 6.18. The van der Waals surface area contributed by atoms with E-state index in [1.807, 2.05) is 64.7 Å². The molecule has 0 radical (unpaired) electrons. The lowest BCUT2D eigenvalue weighted by molar-refractivity contribution is -0.677. The summed E-state index contributed by atoms with van der Waals surface area (Å²) < 4.78 is 9.29. The van der Waals surface area contributed by atoms with Gasteiger partial charge in [0.1, 0.15) is 24.2 Å². The van der Waals surface area contributed by atoms with Crippen molar-refractivity contribution in [2.45, 2.75) is 26.1 Å². The Kier molecular flexibility index (Phi) is 3.87. The molecular formula is C21H20N5O3+. The van der Waals surface area contributed by atoms with Crippen molar-refractivity contribution in [2.24, 2.45) is 4.99 Å². The molecule has 1 aromatic carbocycles. The minimum Gasteiger partial charge on any atom is -0.466 e. The maximum Gasteiger partial charge on any atom is 0.402 e. The minimum absolute atomic E-state index is 0.231. The molecule has 1 fully saturated rings. The molecule has 0 saturated carbocycles. The Labute approximate surface area is 167 Å². The second kappa shape index (κ2) is 6.44. The van der Waals surface area contributed by atoms with E-state index in [0.717, 1.165) is 17.0 Å². The molecule has 8 nitrogen and oxygen atoms in total. The highest BCUT2D eigenvalue weighted by Crippen LogP contribution is 2.30. The van der Waals surface area contributed by atoms with E-state index in [1.165, 1.54) is 9.80 Å². The number of benzene rings is 1. The van der Waals surface area contributed by atoms with E-state index < -0.39 is 6.04 Å². The smallest absolute Gasteiger partial charge is 0.402 e. The first kappa shape index (κ1) is 17.4. The lowest BCUT2D eigenvalue weighted by Crippen LogP contribution is -2.62. The van der Waals surface area contributed by atoms with Gasteiger partial charge >= 0.3 is 12.0 Å². The number of urea groups is 1. The molecule has 1 atom stereocenters. The molecule has 3 amide bonds. The Morgan fingerprint density at radius 1 is 1.10 bits per heavy atom. The Balaban J connectivity index is 1.52. The van der Waals surface area contributed by atoms with E-state index in [2.05, 4.69) is 4.99 Å². The maximum absolute atomic E-state index is 13.3. The molecule has 0 N–H and O–H groups in total. The van der Waals surface area contributed by atoms with E-state index in [1.54, 1.807) is 13.3 Å². The Bertz CT molecular complexity index is 1130. The lowest BCUT2D eigenvalue weighted by Gasteiger charge is -2.33. The Morgan fingerprint density at radius 2 is 1.90 bits per heavy atom. The van der Waals surface area contributed by atoms with Crippen molar-refractivity contribution in [3.63, 3.8) is 0 Å². The zero-order valence-corrected chi connectivity index (χ0v) is 16.1. The number of likely N-dealkylation sites (N-methyl/N-ethyl adjacent to an activating group) is 1. The normalized spacial score (nSPS) is 18.1. The number of imide groups is 1. The van der Waals surface area contributed by atoms with Crippen molar-refractivity contribution in [3.05, 3.63) is 71.9 Å². The van der Waals surface area contributed by atoms with Gasteiger partial charge in [0.2, 0.25) is 11.9 Å². The van der Waals surface area contributed by atoms with E-state index in [9.17, 15) is 9.59 Å². The fraction of sp³-hybridized carbons (Fsp3) is 0.238. The molecule has 3 aromatic rings. The monoisotopic (exact) mass is 390 g/mol. The maximum atomic E-state index is 13.3. The van der Waals surface area contributed by atoms with Gasteiger partial charge in [-0.1, -0.05) is 35.3 Å². The number of amides is 3. The first-order valence-electron chi connectivity index (χ1n) is 9.40. The summed E-state index contributed by atoms with van der Waals surface area (Å²) in [6, 6.07) is 12.2. The largest absolute Gasteiger partial charge is 0.466 e. The lowest BCUT2D eigenvalue weighted by atomic mass is 10.1. The summed E-state index contributed by atoms with van der Waals surface area (Å²) in [4.78, 5) is 33.6. The second-order valence-corrected chi connectivity index (χ2v) is 7.27. The van der Waals surface area contributed by atoms with Gasteiger partial charge in [0.05, 0.1) is 12.8 Å². The summed E-state index contributed by atoms with van der Waals surface area (Å²) >= 11 is 0. The van der Waals surface area contributed by atoms with Crippen LogP contribution >= 0.6 is 0 Å². The van der Waals surface area contributed by atoms with Crippen LogP contribution in [0, 0.1) is 6.92 Å². The van der Waals surface area contributed by atoms with E-state index in [0.29, 0.717) is 18.3 Å². The summed E-state index contributed by atoms with van der Waals surface area (Å²) in [6.45, 7) is 2.70. The molecule has 29 heavy (non-hydrogen) atoms. The number of imidazole rings is 1. The third-order valence-electron chi connectivity index (χ3n) is 5.40. The number of carbonyl (C=O) groups excluding carboxylic acids is 2. The third-order valence-corrected chi connectivity index (χ3v) is 5.40. The van der Waals surface area contributed by atoms with E-state index >= 15 is 0 Å². The summed E-state index contributed by atoms with van der Waals surface area (Å²) in [5.74, 6) is 1.61. The van der Waals surface area contributed by atoms with Gasteiger partial charge in [0.15, 0.2) is 0 Å². The number of furan rings is 1. The summed E-state index contributed by atoms with van der Waals surface area (Å²) in [5.41, 5.74) is 1.86. The number of hydrogen-bond acceptors (Lipinski definition) is 4. The molecule has 2 aliphatic heterocycles. The van der Waals surface area contributed by atoms with Crippen LogP contribution in [0.25, 0.3) is 0 Å². The number of amidine groups is 1. The molecule has 0 bridgehead atoms. The van der Waals surface area contributed by atoms with Gasteiger partial charge in [-0.15, -0.1) is 0 Å². The molecular weight excluding hydrogens is 370 g/mol.